The highest BCUT2D eigenvalue weighted by atomic mass is 32.2. The number of benzene rings is 1. The average molecular weight is 301 g/mol. The zero-order valence-electron chi connectivity index (χ0n) is 10.3. The molecule has 0 spiro atoms. The van der Waals surface area contributed by atoms with E-state index in [9.17, 15) is 13.0 Å². The van der Waals surface area contributed by atoms with Crippen LogP contribution in [0.4, 0.5) is 14.5 Å². The Morgan fingerprint density at radius 2 is 1.79 bits per heavy atom. The molecular formula is C13H13F2NOS2. The largest absolute Gasteiger partial charge is 0.399 e. The quantitative estimate of drug-likeness (QED) is 0.879. The summed E-state index contributed by atoms with van der Waals surface area (Å²) in [5.41, 5.74) is 5.31. The number of halogens is 2. The number of nitrogens with two attached hydrogens (primary N) is 1. The van der Waals surface area contributed by atoms with Gasteiger partial charge in [0.05, 0.1) is 16.6 Å². The zero-order valence-corrected chi connectivity index (χ0v) is 11.9. The molecule has 19 heavy (non-hydrogen) atoms. The molecule has 0 aliphatic rings. The van der Waals surface area contributed by atoms with Crippen LogP contribution in [-0.2, 0) is 23.0 Å². The zero-order chi connectivity index (χ0) is 14.0. The van der Waals surface area contributed by atoms with Gasteiger partial charge in [-0.2, -0.15) is 0 Å². The fourth-order valence-corrected chi connectivity index (χ4v) is 4.05. The molecule has 2 N–H and O–H groups in total. The minimum atomic E-state index is -1.75. The van der Waals surface area contributed by atoms with Gasteiger partial charge in [0.1, 0.15) is 16.5 Å². The third kappa shape index (κ3) is 3.19. The highest BCUT2D eigenvalue weighted by molar-refractivity contribution is 7.84. The van der Waals surface area contributed by atoms with E-state index in [1.807, 2.05) is 19.1 Å². The first-order valence-corrected chi connectivity index (χ1v) is 7.85. The topological polar surface area (TPSA) is 43.1 Å². The predicted molar refractivity (Wildman–Crippen MR) is 74.6 cm³/mol. The van der Waals surface area contributed by atoms with Crippen molar-refractivity contribution in [2.24, 2.45) is 0 Å². The van der Waals surface area contributed by atoms with Crippen molar-refractivity contribution in [1.29, 1.82) is 0 Å². The maximum absolute atomic E-state index is 13.6. The third-order valence-corrected chi connectivity index (χ3v) is 5.42. The first kappa shape index (κ1) is 14.1. The molecule has 0 aliphatic heterocycles. The Morgan fingerprint density at radius 1 is 1.21 bits per heavy atom. The van der Waals surface area contributed by atoms with E-state index in [0.717, 1.165) is 28.3 Å². The lowest BCUT2D eigenvalue weighted by Crippen LogP contribution is -2.03. The number of hydrogen-bond acceptors (Lipinski definition) is 3. The summed E-state index contributed by atoms with van der Waals surface area (Å²) in [6, 6.07) is 5.76. The van der Waals surface area contributed by atoms with Crippen LogP contribution in [0, 0.1) is 11.6 Å². The van der Waals surface area contributed by atoms with Crippen LogP contribution in [0.15, 0.2) is 29.2 Å². The molecule has 0 saturated heterocycles. The highest BCUT2D eigenvalue weighted by Crippen LogP contribution is 2.25. The van der Waals surface area contributed by atoms with Crippen molar-refractivity contribution in [2.45, 2.75) is 24.0 Å². The predicted octanol–water partition coefficient (Wildman–Crippen LogP) is 3.48. The van der Waals surface area contributed by atoms with Crippen LogP contribution in [0.2, 0.25) is 0 Å². The van der Waals surface area contributed by atoms with Gasteiger partial charge in [0, 0.05) is 15.4 Å². The molecule has 0 bridgehead atoms. The van der Waals surface area contributed by atoms with Crippen molar-refractivity contribution in [3.05, 3.63) is 45.7 Å². The summed E-state index contributed by atoms with van der Waals surface area (Å²) >= 11 is 1.51. The summed E-state index contributed by atoms with van der Waals surface area (Å²) in [5, 5.41) is 0. The lowest BCUT2D eigenvalue weighted by atomic mass is 10.3. The van der Waals surface area contributed by atoms with Gasteiger partial charge in [-0.1, -0.05) is 6.92 Å². The second-order valence-corrected chi connectivity index (χ2v) is 6.67. The van der Waals surface area contributed by atoms with Gasteiger partial charge in [0.15, 0.2) is 0 Å². The number of aryl methyl sites for hydroxylation is 1. The monoisotopic (exact) mass is 301 g/mol. The molecule has 2 rings (SSSR count). The molecule has 0 aliphatic carbocycles. The van der Waals surface area contributed by atoms with Gasteiger partial charge in [0.2, 0.25) is 0 Å². The normalized spacial score (nSPS) is 12.6. The van der Waals surface area contributed by atoms with Gasteiger partial charge < -0.3 is 5.73 Å². The molecule has 2 nitrogen and oxygen atoms in total. The summed E-state index contributed by atoms with van der Waals surface area (Å²) < 4.78 is 39.3. The average Bonchev–Trinajstić information content (AvgIpc) is 2.75. The van der Waals surface area contributed by atoms with E-state index < -0.39 is 27.3 Å². The van der Waals surface area contributed by atoms with Crippen molar-refractivity contribution < 1.29 is 13.0 Å². The molecule has 0 fully saturated rings. The summed E-state index contributed by atoms with van der Waals surface area (Å²) in [6.07, 6.45) is 0.891. The molecule has 2 aromatic rings. The molecule has 1 aromatic heterocycles. The van der Waals surface area contributed by atoms with Crippen molar-refractivity contribution in [3.63, 3.8) is 0 Å². The molecule has 1 heterocycles. The van der Waals surface area contributed by atoms with Gasteiger partial charge >= 0.3 is 0 Å². The van der Waals surface area contributed by atoms with E-state index in [-0.39, 0.29) is 11.4 Å². The Bertz CT molecular complexity index is 602. The highest BCUT2D eigenvalue weighted by Gasteiger charge is 2.18. The third-order valence-electron chi connectivity index (χ3n) is 2.59. The maximum atomic E-state index is 13.6. The second kappa shape index (κ2) is 5.79. The van der Waals surface area contributed by atoms with Crippen LogP contribution < -0.4 is 5.73 Å². The first-order valence-electron chi connectivity index (χ1n) is 5.71. The Morgan fingerprint density at radius 3 is 2.32 bits per heavy atom. The van der Waals surface area contributed by atoms with Crippen molar-refractivity contribution in [1.82, 2.24) is 0 Å². The van der Waals surface area contributed by atoms with E-state index in [1.165, 1.54) is 11.3 Å². The minimum Gasteiger partial charge on any atom is -0.399 e. The smallest absolute Gasteiger partial charge is 0.144 e. The standard InChI is InChI=1S/C13H13F2NOS2/c1-2-9-3-4-10(18-9)7-19(17)13-11(14)5-8(16)6-12(13)15/h3-6H,2,7,16H2,1H3. The van der Waals surface area contributed by atoms with E-state index in [1.54, 1.807) is 0 Å². The van der Waals surface area contributed by atoms with Gasteiger partial charge in [-0.15, -0.1) is 11.3 Å². The van der Waals surface area contributed by atoms with Gasteiger partial charge in [-0.3, -0.25) is 4.21 Å². The van der Waals surface area contributed by atoms with E-state index in [0.29, 0.717) is 0 Å². The second-order valence-electron chi connectivity index (χ2n) is 4.03. The molecule has 0 saturated carbocycles. The van der Waals surface area contributed by atoms with Crippen molar-refractivity contribution >= 4 is 27.8 Å². The van der Waals surface area contributed by atoms with Crippen LogP contribution in [0.25, 0.3) is 0 Å². The molecule has 102 valence electrons. The fourth-order valence-electron chi connectivity index (χ4n) is 1.69. The first-order chi connectivity index (χ1) is 9.01. The number of anilines is 1. The summed E-state index contributed by atoms with van der Waals surface area (Å²) in [4.78, 5) is 1.61. The molecule has 1 atom stereocenters. The van der Waals surface area contributed by atoms with E-state index in [2.05, 4.69) is 0 Å². The fraction of sp³-hybridized carbons (Fsp3) is 0.231. The molecule has 6 heteroatoms. The van der Waals surface area contributed by atoms with Crippen molar-refractivity contribution in [2.75, 3.05) is 5.73 Å². The Kier molecular flexibility index (Phi) is 4.31. The van der Waals surface area contributed by atoms with Crippen LogP contribution >= 0.6 is 11.3 Å². The molecule has 1 aromatic carbocycles. The molecule has 1 unspecified atom stereocenters. The number of nitrogen functional groups attached to an aromatic ring is 1. The molecule has 0 radical (unpaired) electrons. The van der Waals surface area contributed by atoms with Gasteiger partial charge in [-0.25, -0.2) is 8.78 Å². The van der Waals surface area contributed by atoms with Gasteiger partial charge in [0.25, 0.3) is 0 Å². The lowest BCUT2D eigenvalue weighted by Gasteiger charge is -2.05. The number of hydrogen-bond donors (Lipinski definition) is 1. The van der Waals surface area contributed by atoms with Crippen LogP contribution in [0.5, 0.6) is 0 Å². The number of rotatable bonds is 4. The van der Waals surface area contributed by atoms with Crippen LogP contribution in [0.1, 0.15) is 16.7 Å². The summed E-state index contributed by atoms with van der Waals surface area (Å²) in [6.45, 7) is 2.02. The summed E-state index contributed by atoms with van der Waals surface area (Å²) in [5.74, 6) is -1.60. The Hall–Kier alpha value is -1.27. The minimum absolute atomic E-state index is 0.0138. The summed E-state index contributed by atoms with van der Waals surface area (Å²) in [7, 11) is -1.75. The van der Waals surface area contributed by atoms with E-state index in [4.69, 9.17) is 5.73 Å². The van der Waals surface area contributed by atoms with Crippen molar-refractivity contribution in [3.8, 4) is 0 Å². The number of thiophene rings is 1. The SMILES string of the molecule is CCc1ccc(CS(=O)c2c(F)cc(N)cc2F)s1. The Labute approximate surface area is 116 Å². The molecular weight excluding hydrogens is 288 g/mol. The van der Waals surface area contributed by atoms with Crippen LogP contribution in [0.3, 0.4) is 0 Å². The van der Waals surface area contributed by atoms with E-state index >= 15 is 0 Å². The Balaban J connectivity index is 2.25. The lowest BCUT2D eigenvalue weighted by molar-refractivity contribution is 0.535. The van der Waals surface area contributed by atoms with Gasteiger partial charge in [-0.05, 0) is 30.7 Å². The molecule has 0 amide bonds. The van der Waals surface area contributed by atoms with Crippen LogP contribution in [-0.4, -0.2) is 4.21 Å². The maximum Gasteiger partial charge on any atom is 0.144 e.